The number of benzene rings is 2. The molecule has 6 nitrogen and oxygen atoms in total. The lowest BCUT2D eigenvalue weighted by atomic mass is 10.0. The summed E-state index contributed by atoms with van der Waals surface area (Å²) in [5.74, 6) is 0.966. The molecule has 0 saturated carbocycles. The monoisotopic (exact) mass is 384 g/mol. The van der Waals surface area contributed by atoms with Crippen molar-refractivity contribution in [2.24, 2.45) is 0 Å². The molecule has 0 amide bonds. The number of hydrogen-bond donors (Lipinski definition) is 1. The summed E-state index contributed by atoms with van der Waals surface area (Å²) in [5.41, 5.74) is 4.08. The van der Waals surface area contributed by atoms with Gasteiger partial charge in [0.2, 0.25) is 0 Å². The second kappa shape index (κ2) is 7.48. The number of fused-ring (bicyclic) bond motifs is 1. The molecule has 29 heavy (non-hydrogen) atoms. The van der Waals surface area contributed by atoms with Crippen LogP contribution in [-0.2, 0) is 4.74 Å². The van der Waals surface area contributed by atoms with E-state index in [9.17, 15) is 4.79 Å². The number of morpholine rings is 1. The number of aromatic amines is 1. The second-order valence-electron chi connectivity index (χ2n) is 7.02. The van der Waals surface area contributed by atoms with Crippen LogP contribution in [0.4, 0.5) is 5.82 Å². The van der Waals surface area contributed by atoms with Gasteiger partial charge in [0, 0.05) is 35.8 Å². The molecule has 6 heteroatoms. The van der Waals surface area contributed by atoms with Crippen LogP contribution in [0.25, 0.3) is 33.3 Å². The minimum absolute atomic E-state index is 0.347. The smallest absolute Gasteiger partial charge is 0.345 e. The lowest BCUT2D eigenvalue weighted by molar-refractivity contribution is 0.122. The maximum atomic E-state index is 12.0. The lowest BCUT2D eigenvalue weighted by Gasteiger charge is -2.27. The zero-order valence-corrected chi connectivity index (χ0v) is 15.8. The molecule has 0 unspecified atom stereocenters. The number of H-pyrrole nitrogens is 1. The minimum atomic E-state index is -0.347. The second-order valence-corrected chi connectivity index (χ2v) is 7.02. The topological polar surface area (TPSA) is 71.1 Å². The van der Waals surface area contributed by atoms with E-state index in [1.54, 1.807) is 0 Å². The Morgan fingerprint density at radius 2 is 1.69 bits per heavy atom. The molecular weight excluding hydrogens is 364 g/mol. The fraction of sp³-hybridized carbons (Fsp3) is 0.174. The molecular formula is C23H20N4O2. The molecule has 0 radical (unpaired) electrons. The van der Waals surface area contributed by atoms with Crippen LogP contribution in [0, 0.1) is 0 Å². The zero-order valence-electron chi connectivity index (χ0n) is 15.8. The summed E-state index contributed by atoms with van der Waals surface area (Å²) in [5, 5.41) is 0.908. The number of nitrogens with zero attached hydrogens (tertiary/aromatic N) is 3. The predicted molar refractivity (Wildman–Crippen MR) is 114 cm³/mol. The van der Waals surface area contributed by atoms with Gasteiger partial charge in [-0.1, -0.05) is 36.4 Å². The molecule has 144 valence electrons. The molecule has 1 fully saturated rings. The van der Waals surface area contributed by atoms with E-state index in [4.69, 9.17) is 4.74 Å². The maximum Gasteiger partial charge on any atom is 0.345 e. The summed E-state index contributed by atoms with van der Waals surface area (Å²) >= 11 is 0. The SMILES string of the molecule is O=c1nc(-c2ccccc2)c2cc(-c3ccc(N4CCOCC4)nc3)ccc2[nH]1. The summed E-state index contributed by atoms with van der Waals surface area (Å²) in [7, 11) is 0. The Balaban J connectivity index is 1.56. The Bertz CT molecular complexity index is 1200. The maximum absolute atomic E-state index is 12.0. The molecule has 0 atom stereocenters. The van der Waals surface area contributed by atoms with E-state index in [1.807, 2.05) is 54.7 Å². The predicted octanol–water partition coefficient (Wildman–Crippen LogP) is 3.49. The average molecular weight is 384 g/mol. The zero-order chi connectivity index (χ0) is 19.6. The van der Waals surface area contributed by atoms with Crippen molar-refractivity contribution in [2.45, 2.75) is 0 Å². The van der Waals surface area contributed by atoms with Crippen LogP contribution < -0.4 is 10.6 Å². The highest BCUT2D eigenvalue weighted by molar-refractivity contribution is 5.94. The Kier molecular flexibility index (Phi) is 4.54. The summed E-state index contributed by atoms with van der Waals surface area (Å²) in [4.78, 5) is 26.0. The fourth-order valence-electron chi connectivity index (χ4n) is 3.69. The Labute approximate surface area is 167 Å². The molecule has 1 aliphatic rings. The normalized spacial score (nSPS) is 14.3. The van der Waals surface area contributed by atoms with Gasteiger partial charge in [-0.3, -0.25) is 0 Å². The van der Waals surface area contributed by atoms with E-state index in [1.165, 1.54) is 0 Å². The number of rotatable bonds is 3. The van der Waals surface area contributed by atoms with Crippen LogP contribution in [0.2, 0.25) is 0 Å². The molecule has 1 saturated heterocycles. The average Bonchev–Trinajstić information content (AvgIpc) is 2.79. The summed E-state index contributed by atoms with van der Waals surface area (Å²) < 4.78 is 5.41. The minimum Gasteiger partial charge on any atom is -0.378 e. The van der Waals surface area contributed by atoms with Crippen LogP contribution in [0.5, 0.6) is 0 Å². The highest BCUT2D eigenvalue weighted by Crippen LogP contribution is 2.29. The largest absolute Gasteiger partial charge is 0.378 e. The van der Waals surface area contributed by atoms with Crippen LogP contribution in [0.15, 0.2) is 71.7 Å². The third kappa shape index (κ3) is 3.50. The number of ether oxygens (including phenoxy) is 1. The van der Waals surface area contributed by atoms with E-state index in [-0.39, 0.29) is 5.69 Å². The highest BCUT2D eigenvalue weighted by atomic mass is 16.5. The molecule has 4 aromatic rings. The molecule has 1 aliphatic heterocycles. The molecule has 0 bridgehead atoms. The molecule has 0 aliphatic carbocycles. The van der Waals surface area contributed by atoms with Crippen molar-refractivity contribution in [1.29, 1.82) is 0 Å². The van der Waals surface area contributed by atoms with Crippen molar-refractivity contribution < 1.29 is 4.74 Å². The highest BCUT2D eigenvalue weighted by Gasteiger charge is 2.13. The number of nitrogens with one attached hydrogen (secondary N) is 1. The van der Waals surface area contributed by atoms with Crippen LogP contribution in [0.3, 0.4) is 0 Å². The van der Waals surface area contributed by atoms with Gasteiger partial charge in [0.25, 0.3) is 0 Å². The Hall–Kier alpha value is -3.51. The van der Waals surface area contributed by atoms with E-state index in [2.05, 4.69) is 32.0 Å². The van der Waals surface area contributed by atoms with Gasteiger partial charge in [-0.15, -0.1) is 0 Å². The standard InChI is InChI=1S/C23H20N4O2/c28-23-25-20-8-6-17(14-19(20)22(26-23)16-4-2-1-3-5-16)18-7-9-21(24-15-18)27-10-12-29-13-11-27/h1-9,14-15H,10-13H2,(H,25,26,28). The van der Waals surface area contributed by atoms with Crippen molar-refractivity contribution in [3.8, 4) is 22.4 Å². The molecule has 3 heterocycles. The Morgan fingerprint density at radius 1 is 0.897 bits per heavy atom. The molecule has 2 aromatic heterocycles. The van der Waals surface area contributed by atoms with Gasteiger partial charge in [0.15, 0.2) is 0 Å². The van der Waals surface area contributed by atoms with Gasteiger partial charge in [-0.25, -0.2) is 9.78 Å². The van der Waals surface area contributed by atoms with Gasteiger partial charge in [-0.05, 0) is 29.8 Å². The van der Waals surface area contributed by atoms with E-state index in [0.29, 0.717) is 5.69 Å². The third-order valence-corrected chi connectivity index (χ3v) is 5.19. The summed E-state index contributed by atoms with van der Waals surface area (Å²) in [6, 6.07) is 19.9. The number of hydrogen-bond acceptors (Lipinski definition) is 5. The molecule has 1 N–H and O–H groups in total. The number of anilines is 1. The van der Waals surface area contributed by atoms with Gasteiger partial charge in [0.05, 0.1) is 24.4 Å². The first-order valence-corrected chi connectivity index (χ1v) is 9.66. The van der Waals surface area contributed by atoms with Crippen molar-refractivity contribution in [3.05, 3.63) is 77.3 Å². The lowest BCUT2D eigenvalue weighted by Crippen LogP contribution is -2.36. The van der Waals surface area contributed by atoms with Crippen molar-refractivity contribution in [1.82, 2.24) is 15.0 Å². The molecule has 0 spiro atoms. The number of pyridine rings is 1. The van der Waals surface area contributed by atoms with Crippen LogP contribution >= 0.6 is 0 Å². The van der Waals surface area contributed by atoms with Gasteiger partial charge in [0.1, 0.15) is 5.82 Å². The van der Waals surface area contributed by atoms with Crippen molar-refractivity contribution >= 4 is 16.7 Å². The Morgan fingerprint density at radius 3 is 2.45 bits per heavy atom. The van der Waals surface area contributed by atoms with E-state index < -0.39 is 0 Å². The first kappa shape index (κ1) is 17.6. The molecule has 2 aromatic carbocycles. The van der Waals surface area contributed by atoms with E-state index >= 15 is 0 Å². The van der Waals surface area contributed by atoms with Gasteiger partial charge < -0.3 is 14.6 Å². The quantitative estimate of drug-likeness (QED) is 0.585. The first-order valence-electron chi connectivity index (χ1n) is 9.66. The van der Waals surface area contributed by atoms with Crippen LogP contribution in [0.1, 0.15) is 0 Å². The van der Waals surface area contributed by atoms with Crippen molar-refractivity contribution in [2.75, 3.05) is 31.2 Å². The van der Waals surface area contributed by atoms with Crippen LogP contribution in [-0.4, -0.2) is 41.3 Å². The summed E-state index contributed by atoms with van der Waals surface area (Å²) in [6.07, 6.45) is 1.90. The van der Waals surface area contributed by atoms with Gasteiger partial charge >= 0.3 is 5.69 Å². The van der Waals surface area contributed by atoms with Crippen molar-refractivity contribution in [3.63, 3.8) is 0 Å². The number of aromatic nitrogens is 3. The first-order chi connectivity index (χ1) is 14.3. The molecule has 5 rings (SSSR count). The fourth-order valence-corrected chi connectivity index (χ4v) is 3.69. The van der Waals surface area contributed by atoms with Gasteiger partial charge in [-0.2, -0.15) is 4.98 Å². The van der Waals surface area contributed by atoms with E-state index in [0.717, 1.165) is 59.7 Å². The third-order valence-electron chi connectivity index (χ3n) is 5.19. The summed E-state index contributed by atoms with van der Waals surface area (Å²) in [6.45, 7) is 3.20.